The van der Waals surface area contributed by atoms with Gasteiger partial charge in [0.2, 0.25) is 0 Å². The van der Waals surface area contributed by atoms with E-state index in [2.05, 4.69) is 25.9 Å². The summed E-state index contributed by atoms with van der Waals surface area (Å²) in [5, 5.41) is 4.57. The minimum atomic E-state index is -0.290. The van der Waals surface area contributed by atoms with Crippen molar-refractivity contribution in [3.05, 3.63) is 53.1 Å². The summed E-state index contributed by atoms with van der Waals surface area (Å²) < 4.78 is 15.3. The van der Waals surface area contributed by atoms with Crippen LogP contribution in [0.4, 0.5) is 4.39 Å². The zero-order valence-electron chi connectivity index (χ0n) is 14.7. The molecule has 1 fully saturated rings. The number of hydrogen-bond acceptors (Lipinski definition) is 2. The Kier molecular flexibility index (Phi) is 4.20. The molecule has 1 aromatic heterocycles. The van der Waals surface area contributed by atoms with Gasteiger partial charge in [0, 0.05) is 25.2 Å². The lowest BCUT2D eigenvalue weighted by Gasteiger charge is -2.22. The minimum absolute atomic E-state index is 0.135. The largest absolute Gasteiger partial charge is 0.336 e. The number of hydrogen-bond donors (Lipinski definition) is 0. The van der Waals surface area contributed by atoms with Gasteiger partial charge in [0.15, 0.2) is 5.69 Å². The molecule has 0 atom stereocenters. The molecule has 24 heavy (non-hydrogen) atoms. The molecule has 4 nitrogen and oxygen atoms in total. The highest BCUT2D eigenvalue weighted by Gasteiger charge is 2.33. The molecule has 0 radical (unpaired) electrons. The fourth-order valence-electron chi connectivity index (χ4n) is 2.88. The van der Waals surface area contributed by atoms with Crippen LogP contribution in [0.25, 0.3) is 0 Å². The normalized spacial score (nSPS) is 14.7. The molecule has 1 heterocycles. The van der Waals surface area contributed by atoms with Crippen molar-refractivity contribution in [3.63, 3.8) is 0 Å². The van der Waals surface area contributed by atoms with Gasteiger partial charge in [-0.25, -0.2) is 4.39 Å². The molecule has 1 aromatic carbocycles. The zero-order valence-corrected chi connectivity index (χ0v) is 14.7. The molecular formula is C19H24FN3O. The quantitative estimate of drug-likeness (QED) is 0.852. The van der Waals surface area contributed by atoms with Gasteiger partial charge in [0.05, 0.1) is 5.54 Å². The van der Waals surface area contributed by atoms with E-state index >= 15 is 0 Å². The van der Waals surface area contributed by atoms with Crippen molar-refractivity contribution in [2.45, 2.75) is 51.6 Å². The third-order valence-corrected chi connectivity index (χ3v) is 4.24. The number of halogens is 1. The van der Waals surface area contributed by atoms with Gasteiger partial charge >= 0.3 is 0 Å². The van der Waals surface area contributed by atoms with Gasteiger partial charge in [-0.1, -0.05) is 12.1 Å². The van der Waals surface area contributed by atoms with Crippen LogP contribution in [0.5, 0.6) is 0 Å². The third kappa shape index (κ3) is 3.50. The number of carbonyl (C=O) groups excluding carboxylic acids is 1. The summed E-state index contributed by atoms with van der Waals surface area (Å²) in [5.41, 5.74) is 2.22. The molecule has 0 unspecified atom stereocenters. The Morgan fingerprint density at radius 3 is 2.62 bits per heavy atom. The van der Waals surface area contributed by atoms with Crippen LogP contribution in [-0.2, 0) is 12.1 Å². The van der Waals surface area contributed by atoms with E-state index in [-0.39, 0.29) is 17.3 Å². The summed E-state index contributed by atoms with van der Waals surface area (Å²) in [5.74, 6) is 0.0948. The molecule has 0 N–H and O–H groups in total. The molecule has 3 rings (SSSR count). The molecule has 128 valence electrons. The standard InChI is InChI=1S/C19H24FN3O/c1-19(2,3)23-17(14-8-9-14)11-16(21-23)18(24)22(4)12-13-6-5-7-15(20)10-13/h5-7,10-11,14H,8-9,12H2,1-4H3. The maximum atomic E-state index is 13.3. The smallest absolute Gasteiger partial charge is 0.274 e. The predicted molar refractivity (Wildman–Crippen MR) is 91.4 cm³/mol. The number of nitrogens with zero attached hydrogens (tertiary/aromatic N) is 3. The molecule has 1 aliphatic rings. The Bertz CT molecular complexity index is 756. The van der Waals surface area contributed by atoms with Crippen LogP contribution >= 0.6 is 0 Å². The van der Waals surface area contributed by atoms with Crippen LogP contribution in [0.15, 0.2) is 30.3 Å². The van der Waals surface area contributed by atoms with Crippen molar-refractivity contribution in [1.82, 2.24) is 14.7 Å². The monoisotopic (exact) mass is 329 g/mol. The molecule has 0 bridgehead atoms. The maximum absolute atomic E-state index is 13.3. The van der Waals surface area contributed by atoms with E-state index in [1.165, 1.54) is 12.1 Å². The molecule has 1 saturated carbocycles. The van der Waals surface area contributed by atoms with Gasteiger partial charge in [0.25, 0.3) is 5.91 Å². The summed E-state index contributed by atoms with van der Waals surface area (Å²) in [6, 6.07) is 8.25. The van der Waals surface area contributed by atoms with Crippen molar-refractivity contribution >= 4 is 5.91 Å². The summed E-state index contributed by atoms with van der Waals surface area (Å²) in [4.78, 5) is 14.3. The first-order valence-electron chi connectivity index (χ1n) is 8.36. The van der Waals surface area contributed by atoms with Crippen LogP contribution in [0.3, 0.4) is 0 Å². The second-order valence-corrected chi connectivity index (χ2v) is 7.60. The Labute approximate surface area is 142 Å². The van der Waals surface area contributed by atoms with Crippen molar-refractivity contribution in [2.24, 2.45) is 0 Å². The van der Waals surface area contributed by atoms with E-state index in [4.69, 9.17) is 0 Å². The van der Waals surface area contributed by atoms with Crippen molar-refractivity contribution in [2.75, 3.05) is 7.05 Å². The zero-order chi connectivity index (χ0) is 17.5. The van der Waals surface area contributed by atoms with Gasteiger partial charge in [-0.3, -0.25) is 9.48 Å². The number of amides is 1. The SMILES string of the molecule is CN(Cc1cccc(F)c1)C(=O)c1cc(C2CC2)n(C(C)(C)C)n1. The Balaban J connectivity index is 1.81. The van der Waals surface area contributed by atoms with E-state index in [1.807, 2.05) is 16.8 Å². The lowest BCUT2D eigenvalue weighted by Crippen LogP contribution is -2.28. The molecule has 2 aromatic rings. The Hall–Kier alpha value is -2.17. The van der Waals surface area contributed by atoms with Gasteiger partial charge in [-0.15, -0.1) is 0 Å². The first-order chi connectivity index (χ1) is 11.3. The van der Waals surface area contributed by atoms with E-state index in [0.29, 0.717) is 18.2 Å². The van der Waals surface area contributed by atoms with Crippen LogP contribution in [0.2, 0.25) is 0 Å². The van der Waals surface area contributed by atoms with Crippen molar-refractivity contribution < 1.29 is 9.18 Å². The van der Waals surface area contributed by atoms with E-state index < -0.39 is 0 Å². The van der Waals surface area contributed by atoms with Gasteiger partial charge in [0.1, 0.15) is 5.82 Å². The van der Waals surface area contributed by atoms with E-state index in [0.717, 1.165) is 24.1 Å². The fraction of sp³-hybridized carbons (Fsp3) is 0.474. The number of aromatic nitrogens is 2. The predicted octanol–water partition coefficient (Wildman–Crippen LogP) is 3.93. The topological polar surface area (TPSA) is 38.1 Å². The second kappa shape index (κ2) is 6.04. The molecular weight excluding hydrogens is 305 g/mol. The van der Waals surface area contributed by atoms with Crippen LogP contribution in [0.1, 0.15) is 61.3 Å². The number of carbonyl (C=O) groups is 1. The number of benzene rings is 1. The summed E-state index contributed by atoms with van der Waals surface area (Å²) in [6.07, 6.45) is 2.32. The third-order valence-electron chi connectivity index (χ3n) is 4.24. The summed E-state index contributed by atoms with van der Waals surface area (Å²) >= 11 is 0. The lowest BCUT2D eigenvalue weighted by atomic mass is 10.1. The fourth-order valence-corrected chi connectivity index (χ4v) is 2.88. The maximum Gasteiger partial charge on any atom is 0.274 e. The van der Waals surface area contributed by atoms with Crippen LogP contribution in [0, 0.1) is 5.82 Å². The minimum Gasteiger partial charge on any atom is -0.336 e. The first-order valence-corrected chi connectivity index (χ1v) is 8.36. The highest BCUT2D eigenvalue weighted by molar-refractivity contribution is 5.92. The Morgan fingerprint density at radius 1 is 1.33 bits per heavy atom. The second-order valence-electron chi connectivity index (χ2n) is 7.60. The molecule has 0 spiro atoms. The number of rotatable bonds is 4. The molecule has 5 heteroatoms. The first kappa shape index (κ1) is 16.7. The van der Waals surface area contributed by atoms with Crippen LogP contribution < -0.4 is 0 Å². The van der Waals surface area contributed by atoms with Crippen molar-refractivity contribution in [1.29, 1.82) is 0 Å². The van der Waals surface area contributed by atoms with Gasteiger partial charge in [-0.05, 0) is 57.4 Å². The molecule has 1 amide bonds. The molecule has 1 aliphatic carbocycles. The average Bonchev–Trinajstić information content (AvgIpc) is 3.23. The molecule has 0 saturated heterocycles. The average molecular weight is 329 g/mol. The van der Waals surface area contributed by atoms with Crippen molar-refractivity contribution in [3.8, 4) is 0 Å². The highest BCUT2D eigenvalue weighted by Crippen LogP contribution is 2.41. The van der Waals surface area contributed by atoms with E-state index in [1.54, 1.807) is 18.0 Å². The Morgan fingerprint density at radius 2 is 2.04 bits per heavy atom. The summed E-state index contributed by atoms with van der Waals surface area (Å²) in [7, 11) is 1.72. The van der Waals surface area contributed by atoms with Crippen LogP contribution in [-0.4, -0.2) is 27.6 Å². The summed E-state index contributed by atoms with van der Waals surface area (Å²) in [6.45, 7) is 6.64. The highest BCUT2D eigenvalue weighted by atomic mass is 19.1. The van der Waals surface area contributed by atoms with E-state index in [9.17, 15) is 9.18 Å². The lowest BCUT2D eigenvalue weighted by molar-refractivity contribution is 0.0777. The van der Waals surface area contributed by atoms with Gasteiger partial charge < -0.3 is 4.90 Å². The van der Waals surface area contributed by atoms with Gasteiger partial charge in [-0.2, -0.15) is 5.10 Å². The molecule has 0 aliphatic heterocycles.